The minimum absolute atomic E-state index is 0.113. The Kier molecular flexibility index (Phi) is 7.85. The van der Waals surface area contributed by atoms with Gasteiger partial charge in [0, 0.05) is 23.4 Å². The third kappa shape index (κ3) is 4.91. The highest BCUT2D eigenvalue weighted by atomic mass is 32.2. The molecule has 0 radical (unpaired) electrons. The molecule has 2 aromatic rings. The highest BCUT2D eigenvalue weighted by Gasteiger charge is 2.74. The predicted molar refractivity (Wildman–Crippen MR) is 144 cm³/mol. The number of benzene rings is 2. The number of nitrogens with zero attached hydrogens (tertiary/aromatic N) is 1. The molecule has 0 spiro atoms. The molecule has 2 aliphatic carbocycles. The first-order valence-electron chi connectivity index (χ1n) is 14.3. The summed E-state index contributed by atoms with van der Waals surface area (Å²) >= 11 is 0. The van der Waals surface area contributed by atoms with Crippen LogP contribution in [0.15, 0.2) is 47.4 Å². The van der Waals surface area contributed by atoms with Crippen LogP contribution in [-0.4, -0.2) is 50.1 Å². The standard InChI is InChI=1S/C30H30F8N2O4S/c1-26(12-10-17(11-13-26)24(39)41)25(42)40-15-14-27(45(43,44)21-6-4-20(31)5-7-21)22-8-3-19(16-18(22)2-9-23(27)40)28(32,29(33,34)35)30(36,37)38/h3-8,16-17,23H,2,9-15H2,1H3,(H2,39,41)/t17-,23-,26+,27-/m1/s1. The maximum Gasteiger partial charge on any atom is 0.435 e. The molecule has 2 fully saturated rings. The maximum absolute atomic E-state index is 15.0. The van der Waals surface area contributed by atoms with E-state index in [-0.39, 0.29) is 54.7 Å². The molecule has 45 heavy (non-hydrogen) atoms. The number of hydrogen-bond donors (Lipinski definition) is 1. The Hall–Kier alpha value is -3.23. The molecule has 2 atom stereocenters. The highest BCUT2D eigenvalue weighted by Crippen LogP contribution is 2.57. The molecule has 1 heterocycles. The molecule has 3 aliphatic rings. The topological polar surface area (TPSA) is 97.5 Å². The monoisotopic (exact) mass is 666 g/mol. The third-order valence-electron chi connectivity index (χ3n) is 9.94. The first kappa shape index (κ1) is 33.1. The molecule has 2 N–H and O–H groups in total. The van der Waals surface area contributed by atoms with Gasteiger partial charge in [0.1, 0.15) is 10.6 Å². The summed E-state index contributed by atoms with van der Waals surface area (Å²) < 4.78 is 137. The van der Waals surface area contributed by atoms with Crippen molar-refractivity contribution in [3.05, 3.63) is 65.0 Å². The zero-order valence-corrected chi connectivity index (χ0v) is 24.8. The van der Waals surface area contributed by atoms with E-state index in [1.165, 1.54) is 4.90 Å². The fourth-order valence-electron chi connectivity index (χ4n) is 7.40. The number of primary amides is 1. The van der Waals surface area contributed by atoms with Crippen LogP contribution in [0, 0.1) is 17.2 Å². The molecule has 15 heteroatoms. The van der Waals surface area contributed by atoms with E-state index < -0.39 is 73.2 Å². The first-order chi connectivity index (χ1) is 20.7. The van der Waals surface area contributed by atoms with Gasteiger partial charge in [0.15, 0.2) is 9.84 Å². The van der Waals surface area contributed by atoms with E-state index in [9.17, 15) is 48.7 Å². The zero-order chi connectivity index (χ0) is 33.4. The summed E-state index contributed by atoms with van der Waals surface area (Å²) in [4.78, 5) is 26.8. The van der Waals surface area contributed by atoms with Gasteiger partial charge in [0.05, 0.1) is 10.9 Å². The number of amides is 2. The summed E-state index contributed by atoms with van der Waals surface area (Å²) in [6.45, 7) is 1.58. The van der Waals surface area contributed by atoms with Crippen molar-refractivity contribution in [2.24, 2.45) is 17.1 Å². The summed E-state index contributed by atoms with van der Waals surface area (Å²) in [5, 5.41) is 0. The van der Waals surface area contributed by atoms with Crippen LogP contribution in [-0.2, 0) is 36.3 Å². The Morgan fingerprint density at radius 3 is 2.00 bits per heavy atom. The molecule has 1 aliphatic heterocycles. The van der Waals surface area contributed by atoms with E-state index in [1.807, 2.05) is 0 Å². The van der Waals surface area contributed by atoms with Crippen LogP contribution in [0.25, 0.3) is 0 Å². The maximum atomic E-state index is 15.0. The summed E-state index contributed by atoms with van der Waals surface area (Å²) in [5.41, 5.74) is -3.38. The fraction of sp³-hybridized carbons (Fsp3) is 0.533. The Morgan fingerprint density at radius 1 is 0.889 bits per heavy atom. The van der Waals surface area contributed by atoms with Gasteiger partial charge in [-0.3, -0.25) is 9.59 Å². The lowest BCUT2D eigenvalue weighted by Gasteiger charge is -2.45. The number of fused-ring (bicyclic) bond motifs is 3. The lowest BCUT2D eigenvalue weighted by atomic mass is 9.70. The number of halogens is 8. The third-order valence-corrected chi connectivity index (χ3v) is 12.5. The van der Waals surface area contributed by atoms with Crippen LogP contribution in [0.2, 0.25) is 0 Å². The number of alkyl halides is 7. The number of likely N-dealkylation sites (tertiary alicyclic amines) is 1. The molecule has 1 saturated carbocycles. The lowest BCUT2D eigenvalue weighted by molar-refractivity contribution is -0.348. The Labute approximate surface area is 253 Å². The second kappa shape index (κ2) is 10.7. The van der Waals surface area contributed by atoms with Gasteiger partial charge in [0.2, 0.25) is 11.8 Å². The second-order valence-corrected chi connectivity index (χ2v) is 14.6. The number of rotatable bonds is 5. The molecule has 0 unspecified atom stereocenters. The van der Waals surface area contributed by atoms with Crippen molar-refractivity contribution in [1.82, 2.24) is 4.90 Å². The molecule has 2 aromatic carbocycles. The first-order valence-corrected chi connectivity index (χ1v) is 15.8. The number of hydrogen-bond acceptors (Lipinski definition) is 4. The highest BCUT2D eigenvalue weighted by molar-refractivity contribution is 7.92. The normalized spacial score (nSPS) is 27.5. The number of carbonyl (C=O) groups is 2. The van der Waals surface area contributed by atoms with Crippen LogP contribution in [0.4, 0.5) is 35.1 Å². The fourth-order valence-corrected chi connectivity index (χ4v) is 9.76. The van der Waals surface area contributed by atoms with E-state index in [0.29, 0.717) is 25.0 Å². The minimum atomic E-state index is -6.37. The SMILES string of the molecule is C[C@]1(C(=O)N2CC[C@@]3(S(=O)(=O)c4ccc(F)cc4)c4ccc(C(F)(C(F)(F)F)C(F)(F)F)cc4CC[C@@H]23)CC[C@@H](C(N)=O)CC1. The van der Waals surface area contributed by atoms with Crippen LogP contribution in [0.3, 0.4) is 0 Å². The summed E-state index contributed by atoms with van der Waals surface area (Å²) in [6, 6.07) is 4.16. The second-order valence-electron chi connectivity index (χ2n) is 12.4. The van der Waals surface area contributed by atoms with Gasteiger partial charge in [-0.15, -0.1) is 0 Å². The molecular formula is C30H30F8N2O4S. The summed E-state index contributed by atoms with van der Waals surface area (Å²) in [5.74, 6) is -2.07. The molecular weight excluding hydrogens is 636 g/mol. The largest absolute Gasteiger partial charge is 0.435 e. The van der Waals surface area contributed by atoms with Gasteiger partial charge >= 0.3 is 18.0 Å². The molecule has 2 amide bonds. The molecule has 246 valence electrons. The minimum Gasteiger partial charge on any atom is -0.369 e. The van der Waals surface area contributed by atoms with Crippen LogP contribution in [0.1, 0.15) is 62.1 Å². The van der Waals surface area contributed by atoms with E-state index in [1.54, 1.807) is 6.92 Å². The number of carbonyl (C=O) groups excluding carboxylic acids is 2. The van der Waals surface area contributed by atoms with Crippen molar-refractivity contribution in [1.29, 1.82) is 0 Å². The summed E-state index contributed by atoms with van der Waals surface area (Å²) in [6.07, 6.45) is -12.2. The predicted octanol–water partition coefficient (Wildman–Crippen LogP) is 6.01. The van der Waals surface area contributed by atoms with Crippen molar-refractivity contribution in [2.75, 3.05) is 6.54 Å². The number of sulfone groups is 1. The van der Waals surface area contributed by atoms with Gasteiger partial charge in [-0.25, -0.2) is 17.2 Å². The van der Waals surface area contributed by atoms with Crippen molar-refractivity contribution >= 4 is 21.7 Å². The van der Waals surface area contributed by atoms with Crippen LogP contribution < -0.4 is 5.73 Å². The lowest BCUT2D eigenvalue weighted by Crippen LogP contribution is -2.55. The van der Waals surface area contributed by atoms with Gasteiger partial charge in [-0.1, -0.05) is 25.1 Å². The van der Waals surface area contributed by atoms with Gasteiger partial charge in [0.25, 0.3) is 0 Å². The summed E-state index contributed by atoms with van der Waals surface area (Å²) in [7, 11) is -4.59. The van der Waals surface area contributed by atoms with Crippen molar-refractivity contribution in [2.45, 2.75) is 85.6 Å². The van der Waals surface area contributed by atoms with Crippen molar-refractivity contribution in [3.8, 4) is 0 Å². The van der Waals surface area contributed by atoms with E-state index >= 15 is 4.39 Å². The Morgan fingerprint density at radius 2 is 1.47 bits per heavy atom. The molecule has 0 bridgehead atoms. The average Bonchev–Trinajstić information content (AvgIpc) is 3.37. The molecule has 6 nitrogen and oxygen atoms in total. The smallest absolute Gasteiger partial charge is 0.369 e. The van der Waals surface area contributed by atoms with Crippen molar-refractivity contribution in [3.63, 3.8) is 0 Å². The molecule has 0 aromatic heterocycles. The quantitative estimate of drug-likeness (QED) is 0.312. The Balaban J connectivity index is 1.64. The van der Waals surface area contributed by atoms with Gasteiger partial charge < -0.3 is 10.6 Å². The van der Waals surface area contributed by atoms with E-state index in [0.717, 1.165) is 30.3 Å². The number of aryl methyl sites for hydroxylation is 1. The van der Waals surface area contributed by atoms with Crippen LogP contribution >= 0.6 is 0 Å². The van der Waals surface area contributed by atoms with Crippen molar-refractivity contribution < 1.29 is 53.1 Å². The average molecular weight is 667 g/mol. The van der Waals surface area contributed by atoms with Gasteiger partial charge in [-0.2, -0.15) is 26.3 Å². The molecule has 5 rings (SSSR count). The van der Waals surface area contributed by atoms with E-state index in [2.05, 4.69) is 0 Å². The molecule has 1 saturated heterocycles. The van der Waals surface area contributed by atoms with Crippen LogP contribution in [0.5, 0.6) is 0 Å². The van der Waals surface area contributed by atoms with E-state index in [4.69, 9.17) is 5.73 Å². The Bertz CT molecular complexity index is 1600. The van der Waals surface area contributed by atoms with Gasteiger partial charge in [-0.05, 0) is 80.3 Å². The zero-order valence-electron chi connectivity index (χ0n) is 23.9. The number of nitrogens with two attached hydrogens (primary N) is 1.